The van der Waals surface area contributed by atoms with Crippen LogP contribution in [0.1, 0.15) is 43.0 Å². The van der Waals surface area contributed by atoms with Crippen molar-refractivity contribution in [1.29, 1.82) is 0 Å². The monoisotopic (exact) mass is 422 g/mol. The van der Waals surface area contributed by atoms with Gasteiger partial charge in [0, 0.05) is 23.2 Å². The van der Waals surface area contributed by atoms with Gasteiger partial charge in [0.15, 0.2) is 16.6 Å². The Labute approximate surface area is 177 Å². The average molecular weight is 423 g/mol. The van der Waals surface area contributed by atoms with E-state index in [1.54, 1.807) is 35.4 Å². The second-order valence-electron chi connectivity index (χ2n) is 8.11. The van der Waals surface area contributed by atoms with Crippen LogP contribution in [0.4, 0.5) is 5.69 Å². The Bertz CT molecular complexity index is 1280. The molecule has 0 aliphatic heterocycles. The van der Waals surface area contributed by atoms with Gasteiger partial charge in [-0.25, -0.2) is 14.5 Å². The molecule has 0 radical (unpaired) electrons. The van der Waals surface area contributed by atoms with Crippen molar-refractivity contribution in [2.75, 3.05) is 5.32 Å². The van der Waals surface area contributed by atoms with E-state index in [1.807, 2.05) is 13.0 Å². The van der Waals surface area contributed by atoms with Crippen molar-refractivity contribution in [1.82, 2.24) is 34.6 Å². The van der Waals surface area contributed by atoms with Gasteiger partial charge >= 0.3 is 0 Å². The molecule has 0 bridgehead atoms. The van der Waals surface area contributed by atoms with Crippen LogP contribution in [0.5, 0.6) is 0 Å². The number of nitrogens with one attached hydrogen (secondary N) is 1. The number of hydrogen-bond donors (Lipinski definition) is 1. The molecule has 1 N–H and O–H groups in total. The number of nitrogens with zero attached hydrogens (tertiary/aromatic N) is 7. The number of hydrogen-bond acceptors (Lipinski definition) is 6. The molecule has 30 heavy (non-hydrogen) atoms. The Kier molecular flexibility index (Phi) is 4.11. The van der Waals surface area contributed by atoms with Crippen molar-refractivity contribution in [3.63, 3.8) is 0 Å². The van der Waals surface area contributed by atoms with Crippen LogP contribution in [0.3, 0.4) is 0 Å². The molecule has 1 unspecified atom stereocenters. The van der Waals surface area contributed by atoms with E-state index in [-0.39, 0.29) is 17.2 Å². The zero-order valence-corrected chi connectivity index (χ0v) is 17.4. The summed E-state index contributed by atoms with van der Waals surface area (Å²) < 4.78 is 1.75. The Morgan fingerprint density at radius 2 is 1.97 bits per heavy atom. The molecule has 0 fully saturated rings. The number of halogens is 1. The van der Waals surface area contributed by atoms with E-state index in [2.05, 4.69) is 44.4 Å². The van der Waals surface area contributed by atoms with Gasteiger partial charge in [-0.3, -0.25) is 4.79 Å². The van der Waals surface area contributed by atoms with Crippen LogP contribution in [0.2, 0.25) is 5.15 Å². The van der Waals surface area contributed by atoms with E-state index in [0.29, 0.717) is 28.7 Å². The number of carbonyl (C=O) groups is 1. The molecule has 0 spiro atoms. The second kappa shape index (κ2) is 6.60. The summed E-state index contributed by atoms with van der Waals surface area (Å²) in [5.41, 5.74) is 3.73. The highest BCUT2D eigenvalue weighted by molar-refractivity contribution is 6.29. The van der Waals surface area contributed by atoms with Crippen molar-refractivity contribution in [2.45, 2.75) is 38.5 Å². The summed E-state index contributed by atoms with van der Waals surface area (Å²) in [6, 6.07) is 3.58. The number of aromatic nitrogens is 7. The van der Waals surface area contributed by atoms with E-state index < -0.39 is 0 Å². The van der Waals surface area contributed by atoms with E-state index in [0.717, 1.165) is 16.8 Å². The SMILES string of the molecule is Cc1cc(NC(=O)C2CC(C)(C)c3c2cnc2cc(Cl)nn32)cnc1-n1nccn1. The lowest BCUT2D eigenvalue weighted by Gasteiger charge is -2.19. The van der Waals surface area contributed by atoms with Gasteiger partial charge < -0.3 is 5.32 Å². The standard InChI is InChI=1S/C20H19ClN8O/c1-11-6-12(9-23-18(11)29-24-4-5-25-29)26-19(30)13-8-20(2,3)17-14(13)10-22-16-7-15(21)27-28(16)17/h4-7,9-10,13H,8H2,1-3H3,(H,26,30). The summed E-state index contributed by atoms with van der Waals surface area (Å²) in [6.07, 6.45) is 7.20. The van der Waals surface area contributed by atoms with Crippen molar-refractivity contribution in [3.8, 4) is 5.82 Å². The first-order valence-electron chi connectivity index (χ1n) is 9.52. The fourth-order valence-corrected chi connectivity index (χ4v) is 4.38. The quantitative estimate of drug-likeness (QED) is 0.544. The summed E-state index contributed by atoms with van der Waals surface area (Å²) >= 11 is 6.08. The third kappa shape index (κ3) is 2.93. The number of pyridine rings is 1. The molecule has 1 atom stereocenters. The van der Waals surface area contributed by atoms with Crippen LogP contribution >= 0.6 is 11.6 Å². The average Bonchev–Trinajstić information content (AvgIpc) is 3.39. The summed E-state index contributed by atoms with van der Waals surface area (Å²) in [5.74, 6) is 0.169. The largest absolute Gasteiger partial charge is 0.324 e. The molecule has 0 saturated carbocycles. The molecule has 5 rings (SSSR count). The van der Waals surface area contributed by atoms with Crippen LogP contribution in [-0.2, 0) is 10.2 Å². The molecule has 1 aliphatic rings. The molecule has 152 valence electrons. The Morgan fingerprint density at radius 3 is 2.70 bits per heavy atom. The first kappa shape index (κ1) is 18.7. The number of carbonyl (C=O) groups excluding carboxylic acids is 1. The van der Waals surface area contributed by atoms with Gasteiger partial charge in [-0.1, -0.05) is 25.4 Å². The van der Waals surface area contributed by atoms with E-state index >= 15 is 0 Å². The lowest BCUT2D eigenvalue weighted by atomic mass is 9.88. The number of fused-ring (bicyclic) bond motifs is 3. The molecule has 9 nitrogen and oxygen atoms in total. The molecule has 1 aliphatic carbocycles. The van der Waals surface area contributed by atoms with Gasteiger partial charge in [0.1, 0.15) is 0 Å². The number of amides is 1. The second-order valence-corrected chi connectivity index (χ2v) is 8.50. The van der Waals surface area contributed by atoms with Crippen LogP contribution in [0, 0.1) is 6.92 Å². The van der Waals surface area contributed by atoms with Crippen LogP contribution < -0.4 is 5.32 Å². The Morgan fingerprint density at radius 1 is 1.20 bits per heavy atom. The lowest BCUT2D eigenvalue weighted by molar-refractivity contribution is -0.117. The highest BCUT2D eigenvalue weighted by Gasteiger charge is 2.43. The normalized spacial score (nSPS) is 17.3. The van der Waals surface area contributed by atoms with Gasteiger partial charge in [0.25, 0.3) is 0 Å². The Hall–Kier alpha value is -3.33. The summed E-state index contributed by atoms with van der Waals surface area (Å²) in [6.45, 7) is 6.11. The van der Waals surface area contributed by atoms with Gasteiger partial charge in [-0.05, 0) is 25.0 Å². The molecule has 1 amide bonds. The predicted octanol–water partition coefficient (Wildman–Crippen LogP) is 3.07. The smallest absolute Gasteiger partial charge is 0.232 e. The predicted molar refractivity (Wildman–Crippen MR) is 111 cm³/mol. The molecule has 10 heteroatoms. The van der Waals surface area contributed by atoms with Crippen molar-refractivity contribution < 1.29 is 4.79 Å². The van der Waals surface area contributed by atoms with Gasteiger partial charge in [0.05, 0.1) is 35.9 Å². The number of aryl methyl sites for hydroxylation is 1. The molecular weight excluding hydrogens is 404 g/mol. The Balaban J connectivity index is 1.46. The minimum Gasteiger partial charge on any atom is -0.324 e. The summed E-state index contributed by atoms with van der Waals surface area (Å²) in [5, 5.41) is 15.9. The maximum atomic E-state index is 13.2. The van der Waals surface area contributed by atoms with Gasteiger partial charge in [0.2, 0.25) is 5.91 Å². The zero-order valence-electron chi connectivity index (χ0n) is 16.7. The van der Waals surface area contributed by atoms with Gasteiger partial charge in [-0.15, -0.1) is 4.80 Å². The fourth-order valence-electron chi connectivity index (χ4n) is 4.20. The molecule has 4 heterocycles. The maximum Gasteiger partial charge on any atom is 0.232 e. The minimum absolute atomic E-state index is 0.104. The highest BCUT2D eigenvalue weighted by atomic mass is 35.5. The van der Waals surface area contributed by atoms with Crippen LogP contribution in [-0.4, -0.2) is 40.5 Å². The van der Waals surface area contributed by atoms with Crippen molar-refractivity contribution in [3.05, 3.63) is 58.9 Å². The van der Waals surface area contributed by atoms with Crippen molar-refractivity contribution in [2.24, 2.45) is 0 Å². The first-order chi connectivity index (χ1) is 14.3. The summed E-state index contributed by atoms with van der Waals surface area (Å²) in [4.78, 5) is 23.5. The third-order valence-corrected chi connectivity index (χ3v) is 5.64. The highest BCUT2D eigenvalue weighted by Crippen LogP contribution is 2.46. The van der Waals surface area contributed by atoms with E-state index in [9.17, 15) is 4.79 Å². The van der Waals surface area contributed by atoms with Crippen LogP contribution in [0.15, 0.2) is 36.9 Å². The number of anilines is 1. The summed E-state index contributed by atoms with van der Waals surface area (Å²) in [7, 11) is 0. The minimum atomic E-state index is -0.345. The van der Waals surface area contributed by atoms with Crippen molar-refractivity contribution >= 4 is 28.8 Å². The fraction of sp³-hybridized carbons (Fsp3) is 0.300. The first-order valence-corrected chi connectivity index (χ1v) is 9.90. The molecule has 0 aromatic carbocycles. The lowest BCUT2D eigenvalue weighted by Crippen LogP contribution is -2.22. The number of rotatable bonds is 3. The topological polar surface area (TPSA) is 103 Å². The molecule has 4 aromatic rings. The van der Waals surface area contributed by atoms with Crippen LogP contribution in [0.25, 0.3) is 11.5 Å². The zero-order chi connectivity index (χ0) is 21.0. The maximum absolute atomic E-state index is 13.2. The van der Waals surface area contributed by atoms with Gasteiger partial charge in [-0.2, -0.15) is 15.3 Å². The third-order valence-electron chi connectivity index (χ3n) is 5.46. The molecular formula is C20H19ClN8O. The van der Waals surface area contributed by atoms with E-state index in [1.165, 1.54) is 4.80 Å². The van der Waals surface area contributed by atoms with E-state index in [4.69, 9.17) is 11.6 Å². The molecule has 0 saturated heterocycles. The molecule has 4 aromatic heterocycles.